The molecule has 13 heavy (non-hydrogen) atoms. The molecular formula is C12H10O. The molecule has 0 saturated carbocycles. The second-order valence-corrected chi connectivity index (χ2v) is 3.05. The molecular weight excluding hydrogens is 160 g/mol. The molecule has 0 unspecified atom stereocenters. The summed E-state index contributed by atoms with van der Waals surface area (Å²) in [5.74, 6) is 0.142. The van der Waals surface area contributed by atoms with Gasteiger partial charge in [0.15, 0.2) is 5.78 Å². The van der Waals surface area contributed by atoms with Crippen molar-refractivity contribution in [1.29, 1.82) is 0 Å². The molecule has 0 bridgehead atoms. The van der Waals surface area contributed by atoms with Crippen LogP contribution in [0.25, 0.3) is 6.08 Å². The van der Waals surface area contributed by atoms with Gasteiger partial charge in [0.1, 0.15) is 0 Å². The van der Waals surface area contributed by atoms with Crippen molar-refractivity contribution < 1.29 is 4.79 Å². The van der Waals surface area contributed by atoms with Gasteiger partial charge in [-0.2, -0.15) is 0 Å². The van der Waals surface area contributed by atoms with E-state index < -0.39 is 0 Å². The van der Waals surface area contributed by atoms with Crippen LogP contribution in [-0.2, 0) is 4.79 Å². The Morgan fingerprint density at radius 3 is 2.54 bits per heavy atom. The smallest absolute Gasteiger partial charge is 0.181 e. The molecule has 0 aromatic heterocycles. The molecule has 1 aromatic rings. The summed E-state index contributed by atoms with van der Waals surface area (Å²) >= 11 is 0. The number of hydrogen-bond donors (Lipinski definition) is 0. The molecule has 0 fully saturated rings. The quantitative estimate of drug-likeness (QED) is 0.592. The zero-order valence-electron chi connectivity index (χ0n) is 7.23. The van der Waals surface area contributed by atoms with E-state index in [1.165, 1.54) is 0 Å². The lowest BCUT2D eigenvalue weighted by molar-refractivity contribution is -0.110. The fraction of sp³-hybridized carbons (Fsp3) is 0.0833. The molecule has 2 rings (SSSR count). The minimum absolute atomic E-state index is 0.142. The van der Waals surface area contributed by atoms with Crippen LogP contribution in [-0.4, -0.2) is 5.78 Å². The van der Waals surface area contributed by atoms with E-state index in [0.29, 0.717) is 0 Å². The second kappa shape index (κ2) is 3.40. The lowest BCUT2D eigenvalue weighted by atomic mass is 10.1. The Bertz CT molecular complexity index is 371. The van der Waals surface area contributed by atoms with Crippen LogP contribution in [0.2, 0.25) is 0 Å². The molecule has 0 radical (unpaired) electrons. The van der Waals surface area contributed by atoms with E-state index in [-0.39, 0.29) is 5.78 Å². The van der Waals surface area contributed by atoms with E-state index in [2.05, 4.69) is 0 Å². The van der Waals surface area contributed by atoms with Gasteiger partial charge in [-0.05, 0) is 24.1 Å². The number of carbonyl (C=O) groups excluding carboxylic acids is 1. The van der Waals surface area contributed by atoms with Crippen LogP contribution >= 0.6 is 0 Å². The van der Waals surface area contributed by atoms with Crippen molar-refractivity contribution in [2.45, 2.75) is 6.42 Å². The van der Waals surface area contributed by atoms with Crippen molar-refractivity contribution in [2.24, 2.45) is 0 Å². The number of allylic oxidation sites excluding steroid dienone is 3. The first-order valence-electron chi connectivity index (χ1n) is 4.33. The highest BCUT2D eigenvalue weighted by Crippen LogP contribution is 2.16. The van der Waals surface area contributed by atoms with Gasteiger partial charge in [0.05, 0.1) is 0 Å². The Hall–Kier alpha value is -1.63. The standard InChI is InChI=1S/C12H10O/c13-12-8-4-7-11(12)9-10-5-2-1-3-6-10/h1-6,8-9H,7H2/b11-9-. The van der Waals surface area contributed by atoms with Gasteiger partial charge >= 0.3 is 0 Å². The predicted octanol–water partition coefficient (Wildman–Crippen LogP) is 2.60. The van der Waals surface area contributed by atoms with Crippen LogP contribution < -0.4 is 0 Å². The maximum atomic E-state index is 11.2. The highest BCUT2D eigenvalue weighted by atomic mass is 16.1. The third-order valence-electron chi connectivity index (χ3n) is 2.06. The Morgan fingerprint density at radius 2 is 1.92 bits per heavy atom. The van der Waals surface area contributed by atoms with Crippen molar-refractivity contribution in [1.82, 2.24) is 0 Å². The first-order chi connectivity index (χ1) is 6.36. The third-order valence-corrected chi connectivity index (χ3v) is 2.06. The molecule has 0 N–H and O–H groups in total. The van der Waals surface area contributed by atoms with Gasteiger partial charge in [-0.1, -0.05) is 36.4 Å². The second-order valence-electron chi connectivity index (χ2n) is 3.05. The minimum atomic E-state index is 0.142. The summed E-state index contributed by atoms with van der Waals surface area (Å²) in [5.41, 5.74) is 1.97. The van der Waals surface area contributed by atoms with E-state index in [1.54, 1.807) is 6.08 Å². The fourth-order valence-corrected chi connectivity index (χ4v) is 1.38. The minimum Gasteiger partial charge on any atom is -0.290 e. The lowest BCUT2D eigenvalue weighted by Gasteiger charge is -1.95. The SMILES string of the molecule is O=C1C=CC/C1=C/c1ccccc1. The van der Waals surface area contributed by atoms with E-state index in [1.807, 2.05) is 42.5 Å². The topological polar surface area (TPSA) is 17.1 Å². The molecule has 64 valence electrons. The molecule has 1 aliphatic carbocycles. The largest absolute Gasteiger partial charge is 0.290 e. The van der Waals surface area contributed by atoms with Crippen molar-refractivity contribution in [3.8, 4) is 0 Å². The summed E-state index contributed by atoms with van der Waals surface area (Å²) in [5, 5.41) is 0. The molecule has 1 heteroatoms. The van der Waals surface area contributed by atoms with E-state index >= 15 is 0 Å². The molecule has 1 aliphatic rings. The summed E-state index contributed by atoms with van der Waals surface area (Å²) in [6.45, 7) is 0. The third kappa shape index (κ3) is 1.75. The summed E-state index contributed by atoms with van der Waals surface area (Å²) in [6, 6.07) is 9.91. The maximum Gasteiger partial charge on any atom is 0.181 e. The summed E-state index contributed by atoms with van der Waals surface area (Å²) in [4.78, 5) is 11.2. The number of ketones is 1. The van der Waals surface area contributed by atoms with Gasteiger partial charge in [-0.25, -0.2) is 0 Å². The molecule has 1 aromatic carbocycles. The fourth-order valence-electron chi connectivity index (χ4n) is 1.38. The van der Waals surface area contributed by atoms with Gasteiger partial charge in [0, 0.05) is 5.57 Å². The number of carbonyl (C=O) groups is 1. The van der Waals surface area contributed by atoms with Gasteiger partial charge in [0.25, 0.3) is 0 Å². The number of benzene rings is 1. The van der Waals surface area contributed by atoms with E-state index in [4.69, 9.17) is 0 Å². The molecule has 0 spiro atoms. The van der Waals surface area contributed by atoms with E-state index in [0.717, 1.165) is 17.6 Å². The molecule has 1 nitrogen and oxygen atoms in total. The summed E-state index contributed by atoms with van der Waals surface area (Å²) in [7, 11) is 0. The Kier molecular flexibility index (Phi) is 2.09. The van der Waals surface area contributed by atoms with Gasteiger partial charge in [0.2, 0.25) is 0 Å². The Labute approximate surface area is 77.4 Å². The molecule has 0 atom stereocenters. The van der Waals surface area contributed by atoms with Crippen molar-refractivity contribution >= 4 is 11.9 Å². The zero-order valence-corrected chi connectivity index (χ0v) is 7.23. The Morgan fingerprint density at radius 1 is 1.15 bits per heavy atom. The monoisotopic (exact) mass is 170 g/mol. The van der Waals surface area contributed by atoms with Crippen LogP contribution in [0.1, 0.15) is 12.0 Å². The van der Waals surface area contributed by atoms with E-state index in [9.17, 15) is 4.79 Å². The average Bonchev–Trinajstić information content (AvgIpc) is 2.54. The van der Waals surface area contributed by atoms with Crippen LogP contribution in [0.4, 0.5) is 0 Å². The van der Waals surface area contributed by atoms with Crippen LogP contribution in [0, 0.1) is 0 Å². The van der Waals surface area contributed by atoms with Gasteiger partial charge < -0.3 is 0 Å². The van der Waals surface area contributed by atoms with Crippen molar-refractivity contribution in [3.05, 3.63) is 53.6 Å². The molecule has 0 aliphatic heterocycles. The first kappa shape index (κ1) is 7.99. The predicted molar refractivity (Wildman–Crippen MR) is 53.2 cm³/mol. The maximum absolute atomic E-state index is 11.2. The normalized spacial score (nSPS) is 18.5. The highest BCUT2D eigenvalue weighted by molar-refractivity contribution is 6.09. The average molecular weight is 170 g/mol. The van der Waals surface area contributed by atoms with Crippen LogP contribution in [0.15, 0.2) is 48.1 Å². The first-order valence-corrected chi connectivity index (χ1v) is 4.33. The van der Waals surface area contributed by atoms with Crippen molar-refractivity contribution in [3.63, 3.8) is 0 Å². The Balaban J connectivity index is 2.27. The molecule has 0 heterocycles. The molecule has 0 saturated heterocycles. The summed E-state index contributed by atoms with van der Waals surface area (Å²) in [6.07, 6.45) is 6.25. The van der Waals surface area contributed by atoms with Crippen LogP contribution in [0.5, 0.6) is 0 Å². The lowest BCUT2D eigenvalue weighted by Crippen LogP contribution is -1.90. The number of hydrogen-bond acceptors (Lipinski definition) is 1. The number of rotatable bonds is 1. The molecule has 0 amide bonds. The zero-order chi connectivity index (χ0) is 9.10. The van der Waals surface area contributed by atoms with Gasteiger partial charge in [-0.15, -0.1) is 0 Å². The summed E-state index contributed by atoms with van der Waals surface area (Å²) < 4.78 is 0. The van der Waals surface area contributed by atoms with Gasteiger partial charge in [-0.3, -0.25) is 4.79 Å². The van der Waals surface area contributed by atoms with Crippen LogP contribution in [0.3, 0.4) is 0 Å². The highest BCUT2D eigenvalue weighted by Gasteiger charge is 2.09. The van der Waals surface area contributed by atoms with Crippen molar-refractivity contribution in [2.75, 3.05) is 0 Å².